The molecule has 0 radical (unpaired) electrons. The predicted octanol–water partition coefficient (Wildman–Crippen LogP) is 3.29. The first-order valence-electron chi connectivity index (χ1n) is 3.93. The molecule has 2 aromatic rings. The largest absolute Gasteiger partial charge is 0.286 e. The van der Waals surface area contributed by atoms with Crippen molar-refractivity contribution in [1.82, 2.24) is 9.97 Å². The van der Waals surface area contributed by atoms with Crippen LogP contribution in [0.3, 0.4) is 0 Å². The lowest BCUT2D eigenvalue weighted by Crippen LogP contribution is -2.04. The van der Waals surface area contributed by atoms with Gasteiger partial charge < -0.3 is 0 Å². The van der Waals surface area contributed by atoms with Crippen molar-refractivity contribution in [3.05, 3.63) is 43.5 Å². The van der Waals surface area contributed by atoms with E-state index < -0.39 is 0 Å². The molecule has 0 fully saturated rings. The molecule has 0 amide bonds. The predicted molar refractivity (Wildman–Crippen MR) is 65.2 cm³/mol. The summed E-state index contributed by atoms with van der Waals surface area (Å²) in [6.07, 6.45) is 2.92. The summed E-state index contributed by atoms with van der Waals surface area (Å²) in [4.78, 5) is 20.4. The molecule has 0 spiro atoms. The highest BCUT2D eigenvalue weighted by Crippen LogP contribution is 2.26. The lowest BCUT2D eigenvalue weighted by molar-refractivity contribution is 0.103. The van der Waals surface area contributed by atoms with Crippen LogP contribution in [0.15, 0.2) is 32.9 Å². The number of nitrogens with zero attached hydrogens (tertiary/aromatic N) is 2. The van der Waals surface area contributed by atoms with E-state index in [-0.39, 0.29) is 5.78 Å². The van der Waals surface area contributed by atoms with Gasteiger partial charge in [0.25, 0.3) is 0 Å². The number of hydrogen-bond donors (Lipinski definition) is 0. The Morgan fingerprint density at radius 1 is 1.33 bits per heavy atom. The first-order chi connectivity index (χ1) is 7.20. The minimum atomic E-state index is -0.105. The van der Waals surface area contributed by atoms with Crippen molar-refractivity contribution in [2.75, 3.05) is 0 Å². The number of ketones is 1. The number of thiophene rings is 1. The van der Waals surface area contributed by atoms with E-state index in [1.165, 1.54) is 17.7 Å². The van der Waals surface area contributed by atoms with Crippen LogP contribution in [0.4, 0.5) is 0 Å². The molecule has 0 aromatic carbocycles. The molecule has 0 aliphatic rings. The van der Waals surface area contributed by atoms with Gasteiger partial charge in [-0.25, -0.2) is 9.97 Å². The van der Waals surface area contributed by atoms with Gasteiger partial charge in [0.05, 0.1) is 9.35 Å². The molecule has 2 heterocycles. The topological polar surface area (TPSA) is 42.9 Å². The molecular formula is C9H4Br2N2OS. The van der Waals surface area contributed by atoms with Crippen molar-refractivity contribution in [2.24, 2.45) is 0 Å². The van der Waals surface area contributed by atoms with E-state index in [4.69, 9.17) is 0 Å². The van der Waals surface area contributed by atoms with E-state index in [0.717, 1.165) is 4.47 Å². The fraction of sp³-hybridized carbons (Fsp3) is 0. The Morgan fingerprint density at radius 2 is 2.13 bits per heavy atom. The van der Waals surface area contributed by atoms with Crippen LogP contribution in [0, 0.1) is 0 Å². The zero-order valence-corrected chi connectivity index (χ0v) is 11.3. The molecule has 15 heavy (non-hydrogen) atoms. The first-order valence-corrected chi connectivity index (χ1v) is 6.40. The molecule has 0 bridgehead atoms. The molecule has 0 saturated carbocycles. The van der Waals surface area contributed by atoms with E-state index in [1.54, 1.807) is 6.20 Å². The minimum absolute atomic E-state index is 0.105. The highest BCUT2D eigenvalue weighted by atomic mass is 79.9. The van der Waals surface area contributed by atoms with Gasteiger partial charge in [0, 0.05) is 10.7 Å². The molecule has 0 N–H and O–H groups in total. The Balaban J connectivity index is 2.46. The molecule has 0 aliphatic carbocycles. The van der Waals surface area contributed by atoms with Crippen LogP contribution < -0.4 is 0 Å². The summed E-state index contributed by atoms with van der Waals surface area (Å²) in [5.41, 5.74) is 0.383. The average Bonchev–Trinajstić information content (AvgIpc) is 2.64. The van der Waals surface area contributed by atoms with E-state index in [2.05, 4.69) is 41.8 Å². The zero-order chi connectivity index (χ0) is 10.8. The van der Waals surface area contributed by atoms with Crippen molar-refractivity contribution < 1.29 is 4.79 Å². The third-order valence-corrected chi connectivity index (χ3v) is 4.12. The number of aromatic nitrogens is 2. The van der Waals surface area contributed by atoms with Gasteiger partial charge in [0.15, 0.2) is 0 Å². The number of hydrogen-bond acceptors (Lipinski definition) is 4. The average molecular weight is 348 g/mol. The van der Waals surface area contributed by atoms with Crippen LogP contribution in [0.1, 0.15) is 15.4 Å². The van der Waals surface area contributed by atoms with E-state index in [9.17, 15) is 4.79 Å². The second-order valence-electron chi connectivity index (χ2n) is 2.65. The molecule has 0 aliphatic heterocycles. The molecule has 0 saturated heterocycles. The molecule has 6 heteroatoms. The van der Waals surface area contributed by atoms with Gasteiger partial charge in [-0.05, 0) is 43.3 Å². The highest BCUT2D eigenvalue weighted by Gasteiger charge is 2.17. The van der Waals surface area contributed by atoms with Gasteiger partial charge in [-0.2, -0.15) is 0 Å². The molecule has 0 atom stereocenters. The quantitative estimate of drug-likeness (QED) is 0.783. The maximum absolute atomic E-state index is 12.0. The third-order valence-electron chi connectivity index (χ3n) is 1.71. The Bertz CT molecular complexity index is 512. The number of carbonyl (C=O) groups excluding carboxylic acids is 1. The van der Waals surface area contributed by atoms with Gasteiger partial charge in [-0.1, -0.05) is 0 Å². The van der Waals surface area contributed by atoms with Crippen LogP contribution >= 0.6 is 43.2 Å². The minimum Gasteiger partial charge on any atom is -0.286 e. The number of halogens is 2. The molecule has 76 valence electrons. The summed E-state index contributed by atoms with van der Waals surface area (Å²) >= 11 is 7.95. The van der Waals surface area contributed by atoms with Crippen LogP contribution in [0.5, 0.6) is 0 Å². The summed E-state index contributed by atoms with van der Waals surface area (Å²) in [5, 5.41) is 1.85. The molecule has 0 unspecified atom stereocenters. The van der Waals surface area contributed by atoms with Gasteiger partial charge in [-0.3, -0.25) is 4.79 Å². The molecule has 2 aromatic heterocycles. The van der Waals surface area contributed by atoms with Gasteiger partial charge >= 0.3 is 0 Å². The highest BCUT2D eigenvalue weighted by molar-refractivity contribution is 9.11. The van der Waals surface area contributed by atoms with Crippen LogP contribution in [-0.4, -0.2) is 15.8 Å². The maximum Gasteiger partial charge on any atom is 0.223 e. The number of rotatable bonds is 2. The van der Waals surface area contributed by atoms with Crippen LogP contribution in [0.25, 0.3) is 0 Å². The van der Waals surface area contributed by atoms with Gasteiger partial charge in [0.1, 0.15) is 12.0 Å². The Labute approximate surface area is 107 Å². The molecule has 2 rings (SSSR count). The molecular weight excluding hydrogens is 344 g/mol. The van der Waals surface area contributed by atoms with Crippen molar-refractivity contribution >= 4 is 49.0 Å². The van der Waals surface area contributed by atoms with Crippen molar-refractivity contribution in [3.8, 4) is 0 Å². The van der Waals surface area contributed by atoms with Gasteiger partial charge in [-0.15, -0.1) is 11.3 Å². The van der Waals surface area contributed by atoms with Crippen molar-refractivity contribution in [2.45, 2.75) is 0 Å². The summed E-state index contributed by atoms with van der Waals surface area (Å²) < 4.78 is 1.40. The van der Waals surface area contributed by atoms with E-state index >= 15 is 0 Å². The Kier molecular flexibility index (Phi) is 3.28. The summed E-state index contributed by atoms with van der Waals surface area (Å²) in [5.74, 6) is -0.105. The summed E-state index contributed by atoms with van der Waals surface area (Å²) in [6.45, 7) is 0. The monoisotopic (exact) mass is 346 g/mol. The summed E-state index contributed by atoms with van der Waals surface area (Å²) in [7, 11) is 0. The Hall–Kier alpha value is -0.590. The second kappa shape index (κ2) is 4.51. The van der Waals surface area contributed by atoms with Crippen molar-refractivity contribution in [3.63, 3.8) is 0 Å². The summed E-state index contributed by atoms with van der Waals surface area (Å²) in [6, 6.07) is 1.84. The lowest BCUT2D eigenvalue weighted by atomic mass is 10.2. The van der Waals surface area contributed by atoms with Gasteiger partial charge in [0.2, 0.25) is 5.78 Å². The number of carbonyl (C=O) groups is 1. The Morgan fingerprint density at radius 3 is 2.73 bits per heavy atom. The van der Waals surface area contributed by atoms with Crippen LogP contribution in [-0.2, 0) is 0 Å². The van der Waals surface area contributed by atoms with E-state index in [1.807, 2.05) is 11.4 Å². The fourth-order valence-corrected chi connectivity index (χ4v) is 2.94. The molecule has 3 nitrogen and oxygen atoms in total. The van der Waals surface area contributed by atoms with Crippen LogP contribution in [0.2, 0.25) is 0 Å². The first kappa shape index (κ1) is 10.9. The SMILES string of the molecule is O=C(c1ncncc1Br)c1sccc1Br. The fourth-order valence-electron chi connectivity index (χ4n) is 1.04. The smallest absolute Gasteiger partial charge is 0.223 e. The van der Waals surface area contributed by atoms with E-state index in [0.29, 0.717) is 15.0 Å². The van der Waals surface area contributed by atoms with Crippen molar-refractivity contribution in [1.29, 1.82) is 0 Å². The third kappa shape index (κ3) is 2.16. The maximum atomic E-state index is 12.0. The lowest BCUT2D eigenvalue weighted by Gasteiger charge is -1.99. The normalized spacial score (nSPS) is 10.3. The zero-order valence-electron chi connectivity index (χ0n) is 7.28. The second-order valence-corrected chi connectivity index (χ2v) is 5.27. The standard InChI is InChI=1S/C9H4Br2N2OS/c10-5-1-2-15-9(5)8(14)7-6(11)3-12-4-13-7/h1-4H.